The minimum atomic E-state index is 0.206. The molecule has 0 amide bonds. The molecule has 1 aliphatic rings. The van der Waals surface area contributed by atoms with Crippen LogP contribution in [0, 0.1) is 0 Å². The first-order chi connectivity index (χ1) is 9.28. The van der Waals surface area contributed by atoms with Crippen molar-refractivity contribution in [3.63, 3.8) is 0 Å². The maximum atomic E-state index is 5.68. The smallest absolute Gasteiger partial charge is 0.323 e. The zero-order chi connectivity index (χ0) is 13.5. The van der Waals surface area contributed by atoms with Crippen LogP contribution in [-0.2, 0) is 0 Å². The summed E-state index contributed by atoms with van der Waals surface area (Å²) >= 11 is 0. The van der Waals surface area contributed by atoms with Gasteiger partial charge in [-0.25, -0.2) is 0 Å². The second kappa shape index (κ2) is 7.11. The van der Waals surface area contributed by atoms with Crippen LogP contribution in [-0.4, -0.2) is 27.6 Å². The van der Waals surface area contributed by atoms with Gasteiger partial charge < -0.3 is 15.8 Å². The minimum absolute atomic E-state index is 0.206. The average Bonchev–Trinajstić information content (AvgIpc) is 2.64. The quantitative estimate of drug-likeness (QED) is 0.795. The van der Waals surface area contributed by atoms with E-state index in [4.69, 9.17) is 10.5 Å². The van der Waals surface area contributed by atoms with Crippen LogP contribution in [0.4, 0.5) is 11.9 Å². The number of hydrogen-bond acceptors (Lipinski definition) is 6. The van der Waals surface area contributed by atoms with E-state index in [1.807, 2.05) is 6.92 Å². The molecule has 106 valence electrons. The molecule has 6 nitrogen and oxygen atoms in total. The Morgan fingerprint density at radius 2 is 1.89 bits per heavy atom. The number of anilines is 2. The number of aromatic nitrogens is 3. The molecule has 6 heteroatoms. The standard InChI is InChI=1S/C13H23N5O/c1-2-9-19-13-17-11(14)16-12(18-13)15-10-7-5-3-4-6-8-10/h10H,2-9H2,1H3,(H3,14,15,16,17,18). The Kier molecular flexibility index (Phi) is 5.18. The summed E-state index contributed by atoms with van der Waals surface area (Å²) in [5.74, 6) is 0.739. The summed E-state index contributed by atoms with van der Waals surface area (Å²) in [5.41, 5.74) is 5.68. The van der Waals surface area contributed by atoms with E-state index in [1.165, 1.54) is 25.7 Å². The largest absolute Gasteiger partial charge is 0.463 e. The number of nitrogens with two attached hydrogens (primary N) is 1. The molecule has 2 rings (SSSR count). The van der Waals surface area contributed by atoms with Crippen LogP contribution >= 0.6 is 0 Å². The molecule has 0 aliphatic heterocycles. The van der Waals surface area contributed by atoms with Gasteiger partial charge >= 0.3 is 6.01 Å². The number of nitrogens with one attached hydrogen (secondary N) is 1. The second-order valence-electron chi connectivity index (χ2n) is 4.98. The third-order valence-electron chi connectivity index (χ3n) is 3.26. The van der Waals surface area contributed by atoms with E-state index < -0.39 is 0 Å². The lowest BCUT2D eigenvalue weighted by Gasteiger charge is -2.16. The first-order valence-corrected chi connectivity index (χ1v) is 7.19. The monoisotopic (exact) mass is 265 g/mol. The van der Waals surface area contributed by atoms with E-state index in [0.29, 0.717) is 24.6 Å². The van der Waals surface area contributed by atoms with E-state index in [2.05, 4.69) is 20.3 Å². The molecule has 0 radical (unpaired) electrons. The summed E-state index contributed by atoms with van der Waals surface area (Å²) < 4.78 is 5.41. The van der Waals surface area contributed by atoms with Crippen molar-refractivity contribution in [2.45, 2.75) is 57.9 Å². The molecule has 0 spiro atoms. The topological polar surface area (TPSA) is 86.0 Å². The molecule has 19 heavy (non-hydrogen) atoms. The molecule has 1 saturated carbocycles. The first kappa shape index (κ1) is 13.8. The van der Waals surface area contributed by atoms with Crippen LogP contribution in [0.1, 0.15) is 51.9 Å². The second-order valence-corrected chi connectivity index (χ2v) is 4.98. The van der Waals surface area contributed by atoms with Crippen LogP contribution in [0.15, 0.2) is 0 Å². The lowest BCUT2D eigenvalue weighted by molar-refractivity contribution is 0.292. The highest BCUT2D eigenvalue weighted by molar-refractivity contribution is 5.33. The van der Waals surface area contributed by atoms with Gasteiger partial charge in [0.2, 0.25) is 11.9 Å². The molecule has 1 aliphatic carbocycles. The molecule has 0 bridgehead atoms. The lowest BCUT2D eigenvalue weighted by Crippen LogP contribution is -2.21. The van der Waals surface area contributed by atoms with Gasteiger partial charge in [-0.15, -0.1) is 0 Å². The van der Waals surface area contributed by atoms with Gasteiger partial charge in [-0.3, -0.25) is 0 Å². The first-order valence-electron chi connectivity index (χ1n) is 7.19. The zero-order valence-electron chi connectivity index (χ0n) is 11.6. The van der Waals surface area contributed by atoms with Crippen molar-refractivity contribution < 1.29 is 4.74 Å². The number of ether oxygens (including phenoxy) is 1. The third-order valence-corrected chi connectivity index (χ3v) is 3.26. The SMILES string of the molecule is CCCOc1nc(N)nc(NC2CCCCCC2)n1. The molecule has 0 saturated heterocycles. The van der Waals surface area contributed by atoms with Crippen LogP contribution < -0.4 is 15.8 Å². The third kappa shape index (κ3) is 4.54. The Morgan fingerprint density at radius 3 is 2.58 bits per heavy atom. The number of nitrogen functional groups attached to an aromatic ring is 1. The number of hydrogen-bond donors (Lipinski definition) is 2. The highest BCUT2D eigenvalue weighted by Gasteiger charge is 2.14. The van der Waals surface area contributed by atoms with Crippen molar-refractivity contribution in [1.29, 1.82) is 0 Å². The zero-order valence-corrected chi connectivity index (χ0v) is 11.6. The fourth-order valence-electron chi connectivity index (χ4n) is 2.30. The van der Waals surface area contributed by atoms with E-state index in [-0.39, 0.29) is 5.95 Å². The molecule has 1 aromatic heterocycles. The summed E-state index contributed by atoms with van der Waals surface area (Å²) in [5, 5.41) is 3.36. The van der Waals surface area contributed by atoms with Gasteiger partial charge in [-0.05, 0) is 19.3 Å². The summed E-state index contributed by atoms with van der Waals surface area (Å²) in [7, 11) is 0. The molecule has 1 heterocycles. The minimum Gasteiger partial charge on any atom is -0.463 e. The number of nitrogens with zero attached hydrogens (tertiary/aromatic N) is 3. The van der Waals surface area contributed by atoms with E-state index in [9.17, 15) is 0 Å². The van der Waals surface area contributed by atoms with Gasteiger partial charge in [-0.1, -0.05) is 32.6 Å². The van der Waals surface area contributed by atoms with Crippen molar-refractivity contribution in [1.82, 2.24) is 15.0 Å². The molecular weight excluding hydrogens is 242 g/mol. The summed E-state index contributed by atoms with van der Waals surface area (Å²) in [6.45, 7) is 2.63. The summed E-state index contributed by atoms with van der Waals surface area (Å²) in [4.78, 5) is 12.4. The maximum Gasteiger partial charge on any atom is 0.323 e. The average molecular weight is 265 g/mol. The highest BCUT2D eigenvalue weighted by atomic mass is 16.5. The van der Waals surface area contributed by atoms with E-state index >= 15 is 0 Å². The maximum absolute atomic E-state index is 5.68. The van der Waals surface area contributed by atoms with Gasteiger partial charge in [-0.2, -0.15) is 15.0 Å². The Morgan fingerprint density at radius 1 is 1.16 bits per heavy atom. The summed E-state index contributed by atoms with van der Waals surface area (Å²) in [6, 6.07) is 0.744. The van der Waals surface area contributed by atoms with E-state index in [1.54, 1.807) is 0 Å². The lowest BCUT2D eigenvalue weighted by atomic mass is 10.1. The van der Waals surface area contributed by atoms with Crippen molar-refractivity contribution >= 4 is 11.9 Å². The Labute approximate surface area is 114 Å². The van der Waals surface area contributed by atoms with E-state index in [0.717, 1.165) is 19.3 Å². The predicted octanol–water partition coefficient (Wildman–Crippen LogP) is 2.38. The summed E-state index contributed by atoms with van der Waals surface area (Å²) in [6.07, 6.45) is 8.41. The van der Waals surface area contributed by atoms with Gasteiger partial charge in [0.05, 0.1) is 6.61 Å². The van der Waals surface area contributed by atoms with Crippen LogP contribution in [0.2, 0.25) is 0 Å². The normalized spacial score (nSPS) is 16.9. The molecular formula is C13H23N5O. The molecule has 3 N–H and O–H groups in total. The van der Waals surface area contributed by atoms with Crippen molar-refractivity contribution in [3.05, 3.63) is 0 Å². The Bertz CT molecular complexity index is 391. The van der Waals surface area contributed by atoms with Crippen molar-refractivity contribution in [2.75, 3.05) is 17.7 Å². The number of rotatable bonds is 5. The predicted molar refractivity (Wildman–Crippen MR) is 75.1 cm³/mol. The van der Waals surface area contributed by atoms with Gasteiger partial charge in [0.25, 0.3) is 0 Å². The van der Waals surface area contributed by atoms with Crippen LogP contribution in [0.3, 0.4) is 0 Å². The highest BCUT2D eigenvalue weighted by Crippen LogP contribution is 2.20. The Hall–Kier alpha value is -1.59. The van der Waals surface area contributed by atoms with Crippen molar-refractivity contribution in [3.8, 4) is 6.01 Å². The molecule has 0 unspecified atom stereocenters. The van der Waals surface area contributed by atoms with Crippen LogP contribution in [0.5, 0.6) is 6.01 Å². The molecule has 0 aromatic carbocycles. The fraction of sp³-hybridized carbons (Fsp3) is 0.769. The molecule has 1 fully saturated rings. The fourth-order valence-corrected chi connectivity index (χ4v) is 2.30. The Balaban J connectivity index is 1.99. The van der Waals surface area contributed by atoms with Crippen LogP contribution in [0.25, 0.3) is 0 Å². The molecule has 0 atom stereocenters. The van der Waals surface area contributed by atoms with Gasteiger partial charge in [0.1, 0.15) is 0 Å². The molecule has 1 aromatic rings. The van der Waals surface area contributed by atoms with Gasteiger partial charge in [0, 0.05) is 6.04 Å². The van der Waals surface area contributed by atoms with Crippen molar-refractivity contribution in [2.24, 2.45) is 0 Å². The van der Waals surface area contributed by atoms with Gasteiger partial charge in [0.15, 0.2) is 0 Å².